The molecule has 0 bridgehead atoms. The first-order valence-corrected chi connectivity index (χ1v) is 13.1. The minimum Gasteiger partial charge on any atom is -0.351 e. The van der Waals surface area contributed by atoms with Gasteiger partial charge in [-0.1, -0.05) is 37.1 Å². The van der Waals surface area contributed by atoms with E-state index in [1.165, 1.54) is 69.5 Å². The van der Waals surface area contributed by atoms with Crippen molar-refractivity contribution in [1.29, 1.82) is 0 Å². The van der Waals surface area contributed by atoms with Gasteiger partial charge in [0, 0.05) is 32.7 Å². The van der Waals surface area contributed by atoms with E-state index < -0.39 is 10.0 Å². The van der Waals surface area contributed by atoms with E-state index in [-0.39, 0.29) is 23.3 Å². The third kappa shape index (κ3) is 7.65. The monoisotopic (exact) mass is 486 g/mol. The largest absolute Gasteiger partial charge is 0.351 e. The Morgan fingerprint density at radius 3 is 2.26 bits per heavy atom. The van der Waals surface area contributed by atoms with Gasteiger partial charge in [0.25, 0.3) is 0 Å². The van der Waals surface area contributed by atoms with Crippen LogP contribution in [-0.2, 0) is 32.7 Å². The molecule has 8 nitrogen and oxygen atoms in total. The summed E-state index contributed by atoms with van der Waals surface area (Å²) in [5, 5.41) is 5.41. The van der Waals surface area contributed by atoms with Crippen LogP contribution in [0.15, 0.2) is 53.4 Å². The molecule has 34 heavy (non-hydrogen) atoms. The summed E-state index contributed by atoms with van der Waals surface area (Å²) in [5.74, 6) is -0.615. The number of carbonyl (C=O) groups excluding carboxylic acids is 2. The first kappa shape index (κ1) is 25.9. The normalized spacial score (nSPS) is 15.0. The summed E-state index contributed by atoms with van der Waals surface area (Å²) in [4.78, 5) is 26.1. The zero-order valence-electron chi connectivity index (χ0n) is 19.9. The van der Waals surface area contributed by atoms with Gasteiger partial charge in [-0.3, -0.25) is 14.5 Å². The fourth-order valence-corrected chi connectivity index (χ4v) is 5.15. The molecule has 1 aliphatic heterocycles. The van der Waals surface area contributed by atoms with Crippen LogP contribution in [0.5, 0.6) is 0 Å². The molecule has 2 aromatic rings. The number of hydrogen-bond donors (Lipinski definition) is 2. The van der Waals surface area contributed by atoms with Gasteiger partial charge in [0.1, 0.15) is 0 Å². The van der Waals surface area contributed by atoms with Crippen molar-refractivity contribution >= 4 is 27.5 Å². The Labute approximate surface area is 202 Å². The highest BCUT2D eigenvalue weighted by Gasteiger charge is 2.23. The molecule has 0 atom stereocenters. The zero-order chi connectivity index (χ0) is 24.6. The smallest absolute Gasteiger partial charge is 0.243 e. The predicted octanol–water partition coefficient (Wildman–Crippen LogP) is 2.96. The van der Waals surface area contributed by atoms with E-state index in [1.807, 2.05) is 12.1 Å². The van der Waals surface area contributed by atoms with Crippen LogP contribution in [0.25, 0.3) is 0 Å². The van der Waals surface area contributed by atoms with Gasteiger partial charge >= 0.3 is 0 Å². The second-order valence-electron chi connectivity index (χ2n) is 8.75. The number of benzene rings is 2. The zero-order valence-corrected chi connectivity index (χ0v) is 20.7. The van der Waals surface area contributed by atoms with Crippen molar-refractivity contribution in [3.8, 4) is 0 Å². The topological polar surface area (TPSA) is 98.8 Å². The molecule has 0 aliphatic carbocycles. The van der Waals surface area contributed by atoms with Crippen molar-refractivity contribution < 1.29 is 18.0 Å². The lowest BCUT2D eigenvalue weighted by molar-refractivity contribution is -0.121. The number of hydrogen-bond acceptors (Lipinski definition) is 5. The highest BCUT2D eigenvalue weighted by Crippen LogP contribution is 2.18. The number of rotatable bonds is 9. The van der Waals surface area contributed by atoms with Gasteiger partial charge in [-0.25, -0.2) is 8.42 Å². The minimum absolute atomic E-state index is 0.0538. The quantitative estimate of drug-likeness (QED) is 0.568. The summed E-state index contributed by atoms with van der Waals surface area (Å²) in [6.45, 7) is 4.58. The van der Waals surface area contributed by atoms with Gasteiger partial charge < -0.3 is 10.6 Å². The molecular formula is C25H34N4O4S. The Hall–Kier alpha value is -2.75. The number of sulfonamides is 1. The molecular weight excluding hydrogens is 452 g/mol. The average molecular weight is 487 g/mol. The van der Waals surface area contributed by atoms with E-state index >= 15 is 0 Å². The fraction of sp³-hybridized carbons (Fsp3) is 0.440. The van der Waals surface area contributed by atoms with Crippen LogP contribution in [0.2, 0.25) is 0 Å². The van der Waals surface area contributed by atoms with E-state index in [4.69, 9.17) is 0 Å². The first-order chi connectivity index (χ1) is 16.2. The molecule has 0 spiro atoms. The second kappa shape index (κ2) is 12.1. The van der Waals surface area contributed by atoms with Crippen molar-refractivity contribution in [2.75, 3.05) is 32.0 Å². The number of nitrogens with one attached hydrogen (secondary N) is 2. The SMILES string of the molecule is CC(=O)Nc1ccc(S(=O)(=O)N(C)CC(=O)NCc2cccc(CN3CCCCCC3)c2)cc1. The lowest BCUT2D eigenvalue weighted by Gasteiger charge is -2.20. The molecule has 0 unspecified atom stereocenters. The fourth-order valence-electron chi connectivity index (χ4n) is 4.03. The third-order valence-electron chi connectivity index (χ3n) is 5.84. The number of likely N-dealkylation sites (tertiary alicyclic amines) is 1. The maximum atomic E-state index is 12.8. The number of amides is 2. The highest BCUT2D eigenvalue weighted by atomic mass is 32.2. The van der Waals surface area contributed by atoms with Crippen LogP contribution < -0.4 is 10.6 Å². The molecule has 2 aromatic carbocycles. The standard InChI is InChI=1S/C25H34N4O4S/c1-20(30)27-23-10-12-24(13-11-23)34(32,33)28(2)19-25(31)26-17-21-8-7-9-22(16-21)18-29-14-5-3-4-6-15-29/h7-13,16H,3-6,14-15,17-19H2,1-2H3,(H,26,31)(H,27,30). The Morgan fingerprint density at radius 2 is 1.62 bits per heavy atom. The van der Waals surface area contributed by atoms with Crippen LogP contribution >= 0.6 is 0 Å². The molecule has 184 valence electrons. The summed E-state index contributed by atoms with van der Waals surface area (Å²) in [7, 11) is -2.46. The van der Waals surface area contributed by atoms with Gasteiger partial charge in [-0.2, -0.15) is 4.31 Å². The summed E-state index contributed by atoms with van der Waals surface area (Å²) in [6, 6.07) is 14.0. The van der Waals surface area contributed by atoms with Crippen molar-refractivity contribution in [2.24, 2.45) is 0 Å². The predicted molar refractivity (Wildman–Crippen MR) is 133 cm³/mol. The molecule has 0 aromatic heterocycles. The number of nitrogens with zero attached hydrogens (tertiary/aromatic N) is 2. The van der Waals surface area contributed by atoms with Crippen LogP contribution in [0, 0.1) is 0 Å². The van der Waals surface area contributed by atoms with E-state index in [0.29, 0.717) is 12.2 Å². The van der Waals surface area contributed by atoms with Crippen molar-refractivity contribution in [3.05, 3.63) is 59.7 Å². The van der Waals surface area contributed by atoms with Crippen molar-refractivity contribution in [2.45, 2.75) is 50.6 Å². The molecule has 1 heterocycles. The Balaban J connectivity index is 1.52. The lowest BCUT2D eigenvalue weighted by atomic mass is 10.1. The molecule has 9 heteroatoms. The van der Waals surface area contributed by atoms with E-state index in [0.717, 1.165) is 29.5 Å². The maximum absolute atomic E-state index is 12.8. The molecule has 0 saturated carbocycles. The maximum Gasteiger partial charge on any atom is 0.243 e. The van der Waals surface area contributed by atoms with Gasteiger partial charge in [0.05, 0.1) is 11.4 Å². The van der Waals surface area contributed by atoms with E-state index in [2.05, 4.69) is 27.7 Å². The molecule has 0 radical (unpaired) electrons. The Morgan fingerprint density at radius 1 is 0.971 bits per heavy atom. The van der Waals surface area contributed by atoms with Gasteiger partial charge in [0.2, 0.25) is 21.8 Å². The molecule has 1 saturated heterocycles. The summed E-state index contributed by atoms with van der Waals surface area (Å²) in [5.41, 5.74) is 2.71. The molecule has 2 amide bonds. The minimum atomic E-state index is -3.83. The molecule has 1 fully saturated rings. The number of anilines is 1. The van der Waals surface area contributed by atoms with Gasteiger partial charge in [0.15, 0.2) is 0 Å². The van der Waals surface area contributed by atoms with E-state index in [1.54, 1.807) is 0 Å². The lowest BCUT2D eigenvalue weighted by Crippen LogP contribution is -2.38. The van der Waals surface area contributed by atoms with Crippen LogP contribution in [0.4, 0.5) is 5.69 Å². The highest BCUT2D eigenvalue weighted by molar-refractivity contribution is 7.89. The van der Waals surface area contributed by atoms with Gasteiger partial charge in [-0.15, -0.1) is 0 Å². The molecule has 1 aliphatic rings. The molecule has 2 N–H and O–H groups in total. The second-order valence-corrected chi connectivity index (χ2v) is 10.8. The number of likely N-dealkylation sites (N-methyl/N-ethyl adjacent to an activating group) is 1. The summed E-state index contributed by atoms with van der Waals surface area (Å²) >= 11 is 0. The molecule has 3 rings (SSSR count). The van der Waals surface area contributed by atoms with E-state index in [9.17, 15) is 18.0 Å². The van der Waals surface area contributed by atoms with Gasteiger partial charge in [-0.05, 0) is 61.3 Å². The van der Waals surface area contributed by atoms with Crippen molar-refractivity contribution in [1.82, 2.24) is 14.5 Å². The summed E-state index contributed by atoms with van der Waals surface area (Å²) < 4.78 is 26.6. The summed E-state index contributed by atoms with van der Waals surface area (Å²) in [6.07, 6.45) is 5.08. The van der Waals surface area contributed by atoms with Crippen molar-refractivity contribution in [3.63, 3.8) is 0 Å². The van der Waals surface area contributed by atoms with Crippen LogP contribution in [0.3, 0.4) is 0 Å². The third-order valence-corrected chi connectivity index (χ3v) is 7.65. The first-order valence-electron chi connectivity index (χ1n) is 11.6. The number of carbonyl (C=O) groups is 2. The average Bonchev–Trinajstić information content (AvgIpc) is 3.06. The van der Waals surface area contributed by atoms with Crippen LogP contribution in [0.1, 0.15) is 43.7 Å². The Kier molecular flexibility index (Phi) is 9.20. The Bertz CT molecular complexity index is 1080. The van der Waals surface area contributed by atoms with Crippen LogP contribution in [-0.4, -0.2) is 56.1 Å².